The maximum Gasteiger partial charge on any atom is 0.161 e. The molecule has 0 radical (unpaired) electrons. The third-order valence-corrected chi connectivity index (χ3v) is 2.14. The molecule has 1 atom stereocenters. The van der Waals surface area contributed by atoms with Crippen molar-refractivity contribution in [1.29, 1.82) is 0 Å². The van der Waals surface area contributed by atoms with Gasteiger partial charge in [-0.1, -0.05) is 6.08 Å². The van der Waals surface area contributed by atoms with E-state index in [1.165, 1.54) is 0 Å². The summed E-state index contributed by atoms with van der Waals surface area (Å²) in [7, 11) is 1.63. The average molecular weight is 195 g/mol. The summed E-state index contributed by atoms with van der Waals surface area (Å²) in [5.74, 6) is 0.751. The van der Waals surface area contributed by atoms with Gasteiger partial charge in [-0.3, -0.25) is 4.68 Å². The number of ether oxygens (including phenoxy) is 1. The zero-order valence-corrected chi connectivity index (χ0v) is 8.73. The number of hydrogen-bond acceptors (Lipinski definition) is 3. The Kier molecular flexibility index (Phi) is 3.71. The molecule has 0 saturated carbocycles. The first kappa shape index (κ1) is 10.8. The van der Waals surface area contributed by atoms with Gasteiger partial charge in [0.2, 0.25) is 0 Å². The van der Waals surface area contributed by atoms with E-state index in [9.17, 15) is 0 Å². The quantitative estimate of drug-likeness (QED) is 0.724. The summed E-state index contributed by atoms with van der Waals surface area (Å²) in [6, 6.07) is -0.0927. The monoisotopic (exact) mass is 195 g/mol. The van der Waals surface area contributed by atoms with E-state index in [0.29, 0.717) is 0 Å². The fourth-order valence-electron chi connectivity index (χ4n) is 1.45. The zero-order valence-electron chi connectivity index (χ0n) is 8.73. The van der Waals surface area contributed by atoms with Gasteiger partial charge < -0.3 is 10.5 Å². The molecular formula is C10H17N3O. The van der Waals surface area contributed by atoms with E-state index in [1.54, 1.807) is 19.4 Å². The van der Waals surface area contributed by atoms with Crippen molar-refractivity contribution in [2.45, 2.75) is 25.9 Å². The summed E-state index contributed by atoms with van der Waals surface area (Å²) in [5.41, 5.74) is 6.93. The topological polar surface area (TPSA) is 53.1 Å². The highest BCUT2D eigenvalue weighted by molar-refractivity contribution is 5.28. The first-order chi connectivity index (χ1) is 6.74. The minimum absolute atomic E-state index is 0.0927. The molecule has 0 aliphatic heterocycles. The van der Waals surface area contributed by atoms with Gasteiger partial charge in [0, 0.05) is 6.54 Å². The molecule has 0 bridgehead atoms. The Morgan fingerprint density at radius 3 is 3.00 bits per heavy atom. The molecule has 14 heavy (non-hydrogen) atoms. The summed E-state index contributed by atoms with van der Waals surface area (Å²) in [6.07, 6.45) is 4.22. The fourth-order valence-corrected chi connectivity index (χ4v) is 1.45. The number of aromatic nitrogens is 2. The Balaban J connectivity index is 3.00. The minimum Gasteiger partial charge on any atom is -0.493 e. The van der Waals surface area contributed by atoms with Crippen molar-refractivity contribution >= 4 is 0 Å². The number of aryl methyl sites for hydroxylation is 1. The van der Waals surface area contributed by atoms with Gasteiger partial charge >= 0.3 is 0 Å². The highest BCUT2D eigenvalue weighted by Gasteiger charge is 2.16. The van der Waals surface area contributed by atoms with Crippen molar-refractivity contribution in [3.63, 3.8) is 0 Å². The van der Waals surface area contributed by atoms with Crippen molar-refractivity contribution in [3.8, 4) is 5.75 Å². The van der Waals surface area contributed by atoms with E-state index >= 15 is 0 Å². The van der Waals surface area contributed by atoms with Gasteiger partial charge in [0.1, 0.15) is 0 Å². The molecule has 78 valence electrons. The predicted molar refractivity (Wildman–Crippen MR) is 56.2 cm³/mol. The molecule has 0 spiro atoms. The molecule has 0 aromatic carbocycles. The second kappa shape index (κ2) is 4.81. The first-order valence-electron chi connectivity index (χ1n) is 4.70. The molecular weight excluding hydrogens is 178 g/mol. The maximum atomic E-state index is 5.99. The number of hydrogen-bond donors (Lipinski definition) is 1. The van der Waals surface area contributed by atoms with Gasteiger partial charge in [-0.25, -0.2) is 0 Å². The molecule has 1 unspecified atom stereocenters. The van der Waals surface area contributed by atoms with Crippen LogP contribution in [0.15, 0.2) is 18.9 Å². The lowest BCUT2D eigenvalue weighted by molar-refractivity contribution is 0.401. The van der Waals surface area contributed by atoms with Crippen LogP contribution in [0.3, 0.4) is 0 Å². The third kappa shape index (κ3) is 1.96. The van der Waals surface area contributed by atoms with Crippen LogP contribution in [0.4, 0.5) is 0 Å². The maximum absolute atomic E-state index is 5.99. The molecule has 0 aliphatic rings. The second-order valence-electron chi connectivity index (χ2n) is 3.04. The standard InChI is InChI=1S/C10H17N3O/c1-4-6-8(11)10-9(14-3)7-12-13(10)5-2/h4,7-8H,1,5-6,11H2,2-3H3. The Morgan fingerprint density at radius 2 is 2.50 bits per heavy atom. The van der Waals surface area contributed by atoms with Crippen LogP contribution in [0.25, 0.3) is 0 Å². The summed E-state index contributed by atoms with van der Waals surface area (Å²) >= 11 is 0. The van der Waals surface area contributed by atoms with E-state index in [1.807, 2.05) is 11.6 Å². The highest BCUT2D eigenvalue weighted by Crippen LogP contribution is 2.25. The molecule has 1 aromatic rings. The molecule has 0 amide bonds. The lowest BCUT2D eigenvalue weighted by Crippen LogP contribution is -2.16. The number of methoxy groups -OCH3 is 1. The van der Waals surface area contributed by atoms with Crippen LogP contribution in [0.1, 0.15) is 25.1 Å². The Bertz CT molecular complexity index is 285. The van der Waals surface area contributed by atoms with Gasteiger partial charge in [-0.15, -0.1) is 6.58 Å². The van der Waals surface area contributed by atoms with Gasteiger partial charge in [0.25, 0.3) is 0 Å². The largest absolute Gasteiger partial charge is 0.493 e. The normalized spacial score (nSPS) is 12.5. The Morgan fingerprint density at radius 1 is 1.79 bits per heavy atom. The molecule has 4 nitrogen and oxygen atoms in total. The third-order valence-electron chi connectivity index (χ3n) is 2.14. The molecule has 1 heterocycles. The average Bonchev–Trinajstić information content (AvgIpc) is 2.60. The van der Waals surface area contributed by atoms with Crippen LogP contribution >= 0.6 is 0 Å². The highest BCUT2D eigenvalue weighted by atomic mass is 16.5. The number of nitrogens with zero attached hydrogens (tertiary/aromatic N) is 2. The summed E-state index contributed by atoms with van der Waals surface area (Å²) in [5, 5.41) is 4.19. The predicted octanol–water partition coefficient (Wildman–Crippen LogP) is 1.49. The van der Waals surface area contributed by atoms with E-state index in [-0.39, 0.29) is 6.04 Å². The number of rotatable bonds is 5. The van der Waals surface area contributed by atoms with Crippen LogP contribution in [-0.4, -0.2) is 16.9 Å². The molecule has 1 aromatic heterocycles. The molecule has 0 aliphatic carbocycles. The summed E-state index contributed by atoms with van der Waals surface area (Å²) in [4.78, 5) is 0. The molecule has 4 heteroatoms. The second-order valence-corrected chi connectivity index (χ2v) is 3.04. The van der Waals surface area contributed by atoms with E-state index in [2.05, 4.69) is 11.7 Å². The first-order valence-corrected chi connectivity index (χ1v) is 4.70. The van der Waals surface area contributed by atoms with Crippen LogP contribution in [0.2, 0.25) is 0 Å². The summed E-state index contributed by atoms with van der Waals surface area (Å²) in [6.45, 7) is 6.49. The van der Waals surface area contributed by atoms with Crippen molar-refractivity contribution in [1.82, 2.24) is 9.78 Å². The smallest absolute Gasteiger partial charge is 0.161 e. The molecule has 0 fully saturated rings. The lowest BCUT2D eigenvalue weighted by Gasteiger charge is -2.12. The minimum atomic E-state index is -0.0927. The number of nitrogens with two attached hydrogens (primary N) is 1. The van der Waals surface area contributed by atoms with E-state index in [4.69, 9.17) is 10.5 Å². The lowest BCUT2D eigenvalue weighted by atomic mass is 10.1. The molecule has 0 saturated heterocycles. The molecule has 2 N–H and O–H groups in total. The van der Waals surface area contributed by atoms with E-state index in [0.717, 1.165) is 24.4 Å². The molecule has 1 rings (SSSR count). The van der Waals surface area contributed by atoms with Crippen molar-refractivity contribution in [2.24, 2.45) is 5.73 Å². The zero-order chi connectivity index (χ0) is 10.6. The van der Waals surface area contributed by atoms with Crippen LogP contribution < -0.4 is 10.5 Å². The van der Waals surface area contributed by atoms with Gasteiger partial charge in [-0.2, -0.15) is 5.10 Å². The summed E-state index contributed by atoms with van der Waals surface area (Å²) < 4.78 is 7.05. The Labute approximate surface area is 84.4 Å². The van der Waals surface area contributed by atoms with Crippen LogP contribution in [0, 0.1) is 0 Å². The Hall–Kier alpha value is -1.29. The SMILES string of the molecule is C=CCC(N)c1c(OC)cnn1CC. The van der Waals surface area contributed by atoms with Gasteiger partial charge in [0.15, 0.2) is 5.75 Å². The van der Waals surface area contributed by atoms with Gasteiger partial charge in [0.05, 0.1) is 25.0 Å². The van der Waals surface area contributed by atoms with E-state index < -0.39 is 0 Å². The fraction of sp³-hybridized carbons (Fsp3) is 0.500. The van der Waals surface area contributed by atoms with Crippen molar-refractivity contribution in [3.05, 3.63) is 24.5 Å². The van der Waals surface area contributed by atoms with Crippen LogP contribution in [0.5, 0.6) is 5.75 Å². The van der Waals surface area contributed by atoms with Crippen LogP contribution in [-0.2, 0) is 6.54 Å². The van der Waals surface area contributed by atoms with Gasteiger partial charge in [-0.05, 0) is 13.3 Å². The van der Waals surface area contributed by atoms with Crippen molar-refractivity contribution < 1.29 is 4.74 Å². The van der Waals surface area contributed by atoms with Crippen molar-refractivity contribution in [2.75, 3.05) is 7.11 Å².